The van der Waals surface area contributed by atoms with Crippen LogP contribution in [0.1, 0.15) is 17.2 Å². The number of ether oxygens (including phenoxy) is 2. The van der Waals surface area contributed by atoms with Crippen molar-refractivity contribution < 1.29 is 18.7 Å². The van der Waals surface area contributed by atoms with Crippen LogP contribution >= 0.6 is 0 Å². The van der Waals surface area contributed by atoms with Crippen molar-refractivity contribution in [2.45, 2.75) is 12.6 Å². The van der Waals surface area contributed by atoms with Gasteiger partial charge < -0.3 is 14.8 Å². The normalized spacial score (nSPS) is 21.4. The summed E-state index contributed by atoms with van der Waals surface area (Å²) >= 11 is 0. The molecule has 0 aromatic heterocycles. The first kappa shape index (κ1) is 16.8. The predicted molar refractivity (Wildman–Crippen MR) is 93.0 cm³/mol. The lowest BCUT2D eigenvalue weighted by molar-refractivity contribution is -0.125. The standard InChI is InChI=1S/C19H20FN3O3/c20-14-4-2-13(3-5-14)18-15(11-22-23-18)19(24)21-10-12-1-6-16-17(9-12)26-8-7-25-16/h1-6,9,15,18,22-23H,7-8,10-11H2,(H,21,24). The molecule has 4 rings (SSSR count). The minimum atomic E-state index is -0.292. The van der Waals surface area contributed by atoms with Crippen LogP contribution in [0, 0.1) is 11.7 Å². The topological polar surface area (TPSA) is 71.6 Å². The van der Waals surface area contributed by atoms with Gasteiger partial charge in [-0.05, 0) is 35.4 Å². The van der Waals surface area contributed by atoms with Crippen LogP contribution in [0.4, 0.5) is 4.39 Å². The van der Waals surface area contributed by atoms with Gasteiger partial charge in [-0.2, -0.15) is 0 Å². The maximum atomic E-state index is 13.1. The molecule has 3 N–H and O–H groups in total. The smallest absolute Gasteiger partial charge is 0.226 e. The predicted octanol–water partition coefficient (Wildman–Crippen LogP) is 1.68. The first-order chi connectivity index (χ1) is 12.7. The molecule has 1 fully saturated rings. The summed E-state index contributed by atoms with van der Waals surface area (Å²) in [5.74, 6) is 0.798. The molecule has 0 radical (unpaired) electrons. The van der Waals surface area contributed by atoms with Gasteiger partial charge in [0.2, 0.25) is 5.91 Å². The molecule has 2 unspecified atom stereocenters. The Morgan fingerprint density at radius 3 is 2.69 bits per heavy atom. The van der Waals surface area contributed by atoms with Crippen LogP contribution in [-0.4, -0.2) is 25.7 Å². The summed E-state index contributed by atoms with van der Waals surface area (Å²) in [5.41, 5.74) is 7.92. The maximum absolute atomic E-state index is 13.1. The lowest BCUT2D eigenvalue weighted by Gasteiger charge is -2.20. The Hall–Kier alpha value is -2.64. The molecule has 1 saturated heterocycles. The maximum Gasteiger partial charge on any atom is 0.226 e. The average Bonchev–Trinajstić information content (AvgIpc) is 3.16. The van der Waals surface area contributed by atoms with Crippen molar-refractivity contribution in [2.75, 3.05) is 19.8 Å². The Bertz CT molecular complexity index is 797. The van der Waals surface area contributed by atoms with Gasteiger partial charge in [-0.3, -0.25) is 10.2 Å². The number of carbonyl (C=O) groups is 1. The summed E-state index contributed by atoms with van der Waals surface area (Å²) in [4.78, 5) is 12.6. The van der Waals surface area contributed by atoms with Crippen molar-refractivity contribution in [3.63, 3.8) is 0 Å². The molecular weight excluding hydrogens is 337 g/mol. The lowest BCUT2D eigenvalue weighted by atomic mass is 9.94. The number of amides is 1. The monoisotopic (exact) mass is 357 g/mol. The molecule has 6 nitrogen and oxygen atoms in total. The number of hydrogen-bond donors (Lipinski definition) is 3. The number of halogens is 1. The van der Waals surface area contributed by atoms with Crippen LogP contribution in [-0.2, 0) is 11.3 Å². The van der Waals surface area contributed by atoms with Crippen LogP contribution in [0.25, 0.3) is 0 Å². The van der Waals surface area contributed by atoms with Gasteiger partial charge in [0.25, 0.3) is 0 Å². The zero-order valence-electron chi connectivity index (χ0n) is 14.1. The first-order valence-corrected chi connectivity index (χ1v) is 8.61. The summed E-state index contributed by atoms with van der Waals surface area (Å²) in [5, 5.41) is 2.97. The van der Waals surface area contributed by atoms with E-state index in [0.717, 1.165) is 16.9 Å². The Morgan fingerprint density at radius 1 is 1.12 bits per heavy atom. The van der Waals surface area contributed by atoms with Crippen molar-refractivity contribution in [1.82, 2.24) is 16.2 Å². The van der Waals surface area contributed by atoms with E-state index in [1.165, 1.54) is 12.1 Å². The number of rotatable bonds is 4. The third-order valence-corrected chi connectivity index (χ3v) is 4.62. The molecule has 2 aliphatic heterocycles. The van der Waals surface area contributed by atoms with Gasteiger partial charge in [-0.15, -0.1) is 0 Å². The number of carbonyl (C=O) groups excluding carboxylic acids is 1. The van der Waals surface area contributed by atoms with Crippen molar-refractivity contribution in [3.8, 4) is 11.5 Å². The van der Waals surface area contributed by atoms with E-state index in [1.807, 2.05) is 18.2 Å². The van der Waals surface area contributed by atoms with Crippen molar-refractivity contribution in [1.29, 1.82) is 0 Å². The molecule has 26 heavy (non-hydrogen) atoms. The quantitative estimate of drug-likeness (QED) is 0.777. The zero-order chi connectivity index (χ0) is 17.9. The van der Waals surface area contributed by atoms with Gasteiger partial charge in [0.1, 0.15) is 19.0 Å². The number of benzene rings is 2. The summed E-state index contributed by atoms with van der Waals surface area (Å²) in [6.07, 6.45) is 0. The van der Waals surface area contributed by atoms with Gasteiger partial charge in [0, 0.05) is 13.1 Å². The van der Waals surface area contributed by atoms with Crippen LogP contribution in [0.3, 0.4) is 0 Å². The fourth-order valence-electron chi connectivity index (χ4n) is 3.25. The summed E-state index contributed by atoms with van der Waals surface area (Å²) in [6.45, 7) is 1.99. The summed E-state index contributed by atoms with van der Waals surface area (Å²) in [6, 6.07) is 11.7. The Balaban J connectivity index is 1.40. The van der Waals surface area contributed by atoms with Crippen molar-refractivity contribution in [3.05, 3.63) is 59.4 Å². The first-order valence-electron chi connectivity index (χ1n) is 8.61. The van der Waals surface area contributed by atoms with Crippen molar-refractivity contribution in [2.24, 2.45) is 5.92 Å². The number of nitrogens with one attached hydrogen (secondary N) is 3. The molecule has 2 atom stereocenters. The van der Waals surface area contributed by atoms with Crippen LogP contribution < -0.4 is 25.6 Å². The van der Waals surface area contributed by atoms with Gasteiger partial charge in [-0.25, -0.2) is 9.82 Å². The highest BCUT2D eigenvalue weighted by molar-refractivity contribution is 5.80. The largest absolute Gasteiger partial charge is 0.486 e. The molecule has 2 aromatic carbocycles. The van der Waals surface area contributed by atoms with Gasteiger partial charge in [0.05, 0.1) is 12.0 Å². The molecule has 0 bridgehead atoms. The van der Waals surface area contributed by atoms with E-state index in [1.54, 1.807) is 12.1 Å². The second-order valence-electron chi connectivity index (χ2n) is 6.36. The number of hydrogen-bond acceptors (Lipinski definition) is 5. The molecule has 2 heterocycles. The van der Waals surface area contributed by atoms with E-state index in [4.69, 9.17) is 9.47 Å². The molecule has 7 heteroatoms. The van der Waals surface area contributed by atoms with E-state index in [-0.39, 0.29) is 23.7 Å². The Morgan fingerprint density at radius 2 is 1.88 bits per heavy atom. The third-order valence-electron chi connectivity index (χ3n) is 4.62. The van der Waals surface area contributed by atoms with Crippen LogP contribution in [0.5, 0.6) is 11.5 Å². The van der Waals surface area contributed by atoms with E-state index in [2.05, 4.69) is 16.2 Å². The fraction of sp³-hybridized carbons (Fsp3) is 0.316. The second-order valence-corrected chi connectivity index (χ2v) is 6.36. The average molecular weight is 357 g/mol. The zero-order valence-corrected chi connectivity index (χ0v) is 14.1. The SMILES string of the molecule is O=C(NCc1ccc2c(c1)OCCO2)C1CNNC1c1ccc(F)cc1. The molecule has 0 aliphatic carbocycles. The fourth-order valence-corrected chi connectivity index (χ4v) is 3.25. The van der Waals surface area contributed by atoms with Crippen LogP contribution in [0.2, 0.25) is 0 Å². The molecule has 1 amide bonds. The van der Waals surface area contributed by atoms with E-state index >= 15 is 0 Å². The summed E-state index contributed by atoms with van der Waals surface area (Å²) in [7, 11) is 0. The molecule has 0 spiro atoms. The van der Waals surface area contributed by atoms with E-state index in [9.17, 15) is 9.18 Å². The molecule has 2 aliphatic rings. The minimum absolute atomic E-state index is 0.0632. The van der Waals surface area contributed by atoms with Crippen molar-refractivity contribution >= 4 is 5.91 Å². The third kappa shape index (κ3) is 3.49. The highest BCUT2D eigenvalue weighted by Gasteiger charge is 2.33. The number of fused-ring (bicyclic) bond motifs is 1. The molecule has 136 valence electrons. The second kappa shape index (κ2) is 7.31. The van der Waals surface area contributed by atoms with E-state index in [0.29, 0.717) is 32.1 Å². The van der Waals surface area contributed by atoms with Gasteiger partial charge in [-0.1, -0.05) is 18.2 Å². The molecule has 2 aromatic rings. The van der Waals surface area contributed by atoms with Gasteiger partial charge in [0.15, 0.2) is 11.5 Å². The Kier molecular flexibility index (Phi) is 4.73. The molecule has 0 saturated carbocycles. The van der Waals surface area contributed by atoms with E-state index < -0.39 is 0 Å². The summed E-state index contributed by atoms with van der Waals surface area (Å²) < 4.78 is 24.2. The van der Waals surface area contributed by atoms with Crippen LogP contribution in [0.15, 0.2) is 42.5 Å². The minimum Gasteiger partial charge on any atom is -0.486 e. The van der Waals surface area contributed by atoms with Gasteiger partial charge >= 0.3 is 0 Å². The highest BCUT2D eigenvalue weighted by Crippen LogP contribution is 2.31. The highest BCUT2D eigenvalue weighted by atomic mass is 19.1. The lowest BCUT2D eigenvalue weighted by Crippen LogP contribution is -2.34. The Labute approximate surface area is 150 Å². The molecular formula is C19H20FN3O3. The number of hydrazine groups is 1.